The average molecular weight is 464 g/mol. The van der Waals surface area contributed by atoms with Crippen LogP contribution in [0.4, 0.5) is 22.9 Å². The van der Waals surface area contributed by atoms with Crippen molar-refractivity contribution in [3.63, 3.8) is 0 Å². The number of hydrogen-bond donors (Lipinski definition) is 3. The number of amides is 2. The Bertz CT molecular complexity index is 1130. The minimum absolute atomic E-state index is 0.0266. The summed E-state index contributed by atoms with van der Waals surface area (Å²) in [5.74, 6) is -0.0368. The van der Waals surface area contributed by atoms with Gasteiger partial charge in [0, 0.05) is 31.3 Å². The van der Waals surface area contributed by atoms with E-state index < -0.39 is 15.9 Å². The van der Waals surface area contributed by atoms with Crippen molar-refractivity contribution in [2.75, 3.05) is 42.5 Å². The maximum Gasteiger partial charge on any atom is 0.278 e. The Hall–Kier alpha value is -3.38. The van der Waals surface area contributed by atoms with Crippen LogP contribution in [0.15, 0.2) is 30.5 Å². The van der Waals surface area contributed by atoms with Crippen LogP contribution >= 0.6 is 0 Å². The lowest BCUT2D eigenvalue weighted by molar-refractivity contribution is -0.117. The number of methoxy groups -OCH3 is 1. The highest BCUT2D eigenvalue weighted by atomic mass is 32.2. The van der Waals surface area contributed by atoms with Crippen LogP contribution in [0.25, 0.3) is 0 Å². The maximum atomic E-state index is 12.5. The van der Waals surface area contributed by atoms with Gasteiger partial charge in [0.15, 0.2) is 0 Å². The van der Waals surface area contributed by atoms with Gasteiger partial charge in [-0.3, -0.25) is 18.7 Å². The Balaban J connectivity index is 2.03. The maximum absolute atomic E-state index is 12.5. The van der Waals surface area contributed by atoms with Crippen LogP contribution in [-0.2, 0) is 19.7 Å². The molecule has 0 spiro atoms. The van der Waals surface area contributed by atoms with Gasteiger partial charge >= 0.3 is 0 Å². The fraction of sp³-hybridized carbons (Fsp3) is 0.350. The van der Waals surface area contributed by atoms with Gasteiger partial charge in [-0.05, 0) is 25.0 Å². The molecule has 11 nitrogen and oxygen atoms in total. The normalized spacial score (nSPS) is 13.2. The second-order valence-corrected chi connectivity index (χ2v) is 9.27. The lowest BCUT2D eigenvalue weighted by atomic mass is 10.2. The van der Waals surface area contributed by atoms with Gasteiger partial charge in [0.1, 0.15) is 11.6 Å². The van der Waals surface area contributed by atoms with E-state index in [0.717, 1.165) is 23.4 Å². The molecule has 0 saturated heterocycles. The molecule has 0 unspecified atom stereocenters. The van der Waals surface area contributed by atoms with Gasteiger partial charge in [0.05, 0.1) is 43.1 Å². The largest absolute Gasteiger partial charge is 0.497 e. The van der Waals surface area contributed by atoms with E-state index in [4.69, 9.17) is 9.57 Å². The summed E-state index contributed by atoms with van der Waals surface area (Å²) in [6, 6.07) is 6.32. The van der Waals surface area contributed by atoms with Crippen molar-refractivity contribution < 1.29 is 27.6 Å². The number of nitrogens with zero attached hydrogens (tertiary/aromatic N) is 2. The zero-order chi connectivity index (χ0) is 23.5. The van der Waals surface area contributed by atoms with Crippen LogP contribution in [0.5, 0.6) is 5.75 Å². The Labute approximate surface area is 186 Å². The summed E-state index contributed by atoms with van der Waals surface area (Å²) >= 11 is 0. The van der Waals surface area contributed by atoms with E-state index in [2.05, 4.69) is 21.1 Å². The monoisotopic (exact) mass is 463 g/mol. The summed E-state index contributed by atoms with van der Waals surface area (Å²) in [6.07, 6.45) is 4.03. The predicted octanol–water partition coefficient (Wildman–Crippen LogP) is 1.87. The number of ether oxygens (including phenoxy) is 1. The predicted molar refractivity (Wildman–Crippen MR) is 120 cm³/mol. The van der Waals surface area contributed by atoms with Gasteiger partial charge in [0.25, 0.3) is 5.91 Å². The van der Waals surface area contributed by atoms with Gasteiger partial charge < -0.3 is 15.4 Å². The Kier molecular flexibility index (Phi) is 6.84. The zero-order valence-corrected chi connectivity index (χ0v) is 18.9. The quantitative estimate of drug-likeness (QED) is 0.479. The van der Waals surface area contributed by atoms with Crippen LogP contribution in [0.3, 0.4) is 0 Å². The summed E-state index contributed by atoms with van der Waals surface area (Å²) in [5, 5.41) is 5.80. The van der Waals surface area contributed by atoms with E-state index in [1.54, 1.807) is 18.2 Å². The summed E-state index contributed by atoms with van der Waals surface area (Å²) in [5.41, 5.74) is 3.32. The van der Waals surface area contributed by atoms with Gasteiger partial charge in [-0.2, -0.15) is 0 Å². The number of aromatic nitrogens is 1. The molecule has 0 radical (unpaired) electrons. The first kappa shape index (κ1) is 23.3. The second kappa shape index (κ2) is 9.40. The molecular weight excluding hydrogens is 438 g/mol. The minimum atomic E-state index is -3.59. The summed E-state index contributed by atoms with van der Waals surface area (Å²) < 4.78 is 30.6. The molecule has 1 aliphatic carbocycles. The Morgan fingerprint density at radius 2 is 1.88 bits per heavy atom. The molecule has 2 aromatic rings. The number of pyridine rings is 1. The number of hydroxylamine groups is 1. The molecule has 0 aliphatic heterocycles. The standard InChI is InChI=1S/C20H25N5O6S/c1-25(32(4,28)29)17-9-13(30-2)7-8-15(17)22-16-10-18(23-19(26)12-5-6-12)21-11-14(16)20(27)24-31-3/h7-12H,5-6H2,1-4H3,(H,24,27)(H2,21,22,23,26). The number of nitrogens with one attached hydrogen (secondary N) is 3. The lowest BCUT2D eigenvalue weighted by Crippen LogP contribution is -2.26. The molecule has 0 atom stereocenters. The van der Waals surface area contributed by atoms with Crippen LogP contribution in [0.1, 0.15) is 23.2 Å². The van der Waals surface area contributed by atoms with Crippen molar-refractivity contribution in [1.29, 1.82) is 0 Å². The molecule has 172 valence electrons. The van der Waals surface area contributed by atoms with Gasteiger partial charge in [-0.15, -0.1) is 0 Å². The molecule has 1 aromatic carbocycles. The molecule has 32 heavy (non-hydrogen) atoms. The molecule has 1 saturated carbocycles. The van der Waals surface area contributed by atoms with Crippen LogP contribution in [-0.4, -0.2) is 52.7 Å². The fourth-order valence-corrected chi connectivity index (χ4v) is 3.37. The first-order valence-corrected chi connectivity index (χ1v) is 11.5. The van der Waals surface area contributed by atoms with E-state index in [9.17, 15) is 18.0 Å². The highest BCUT2D eigenvalue weighted by Gasteiger charge is 2.30. The van der Waals surface area contributed by atoms with Crippen molar-refractivity contribution >= 4 is 44.7 Å². The van der Waals surface area contributed by atoms with Crippen LogP contribution in [0.2, 0.25) is 0 Å². The summed E-state index contributed by atoms with van der Waals surface area (Å²) in [7, 11) is 0.583. The minimum Gasteiger partial charge on any atom is -0.497 e. The number of anilines is 4. The van der Waals surface area contributed by atoms with Crippen LogP contribution in [0, 0.1) is 5.92 Å². The highest BCUT2D eigenvalue weighted by Crippen LogP contribution is 2.35. The average Bonchev–Trinajstić information content (AvgIpc) is 3.59. The zero-order valence-electron chi connectivity index (χ0n) is 18.1. The number of benzene rings is 1. The molecule has 1 fully saturated rings. The van der Waals surface area contributed by atoms with Crippen molar-refractivity contribution in [2.45, 2.75) is 12.8 Å². The Morgan fingerprint density at radius 3 is 2.47 bits per heavy atom. The summed E-state index contributed by atoms with van der Waals surface area (Å²) in [4.78, 5) is 33.4. The third-order valence-electron chi connectivity index (χ3n) is 4.85. The smallest absolute Gasteiger partial charge is 0.278 e. The number of rotatable bonds is 9. The van der Waals surface area contributed by atoms with Crippen molar-refractivity contribution in [3.8, 4) is 5.75 Å². The van der Waals surface area contributed by atoms with Crippen molar-refractivity contribution in [3.05, 3.63) is 36.0 Å². The van der Waals surface area contributed by atoms with E-state index in [-0.39, 0.29) is 28.9 Å². The van der Waals surface area contributed by atoms with Crippen molar-refractivity contribution in [2.24, 2.45) is 5.92 Å². The molecule has 1 aliphatic rings. The number of hydrogen-bond acceptors (Lipinski definition) is 8. The molecule has 12 heteroatoms. The lowest BCUT2D eigenvalue weighted by Gasteiger charge is -2.22. The topological polar surface area (TPSA) is 139 Å². The molecule has 2 amide bonds. The highest BCUT2D eigenvalue weighted by molar-refractivity contribution is 7.92. The molecule has 0 bridgehead atoms. The van der Waals surface area contributed by atoms with E-state index in [0.29, 0.717) is 17.1 Å². The summed E-state index contributed by atoms with van der Waals surface area (Å²) in [6.45, 7) is 0. The molecule has 1 heterocycles. The van der Waals surface area contributed by atoms with Gasteiger partial charge in [0.2, 0.25) is 15.9 Å². The van der Waals surface area contributed by atoms with Crippen molar-refractivity contribution in [1.82, 2.24) is 10.5 Å². The molecule has 3 N–H and O–H groups in total. The van der Waals surface area contributed by atoms with E-state index in [1.165, 1.54) is 33.5 Å². The third-order valence-corrected chi connectivity index (χ3v) is 6.05. The Morgan fingerprint density at radius 1 is 1.16 bits per heavy atom. The molecular formula is C20H25N5O6S. The van der Waals surface area contributed by atoms with E-state index in [1.807, 2.05) is 0 Å². The first-order valence-electron chi connectivity index (χ1n) is 9.67. The fourth-order valence-electron chi connectivity index (χ4n) is 2.86. The van der Waals surface area contributed by atoms with Gasteiger partial charge in [-0.25, -0.2) is 18.9 Å². The molecule has 1 aromatic heterocycles. The number of sulfonamides is 1. The number of carbonyl (C=O) groups is 2. The third kappa shape index (κ3) is 5.45. The van der Waals surface area contributed by atoms with Gasteiger partial charge in [-0.1, -0.05) is 0 Å². The number of carbonyl (C=O) groups excluding carboxylic acids is 2. The SMILES string of the molecule is CONC(=O)c1cnc(NC(=O)C2CC2)cc1Nc1ccc(OC)cc1N(C)S(C)(=O)=O. The van der Waals surface area contributed by atoms with Crippen LogP contribution < -0.4 is 25.2 Å². The first-order chi connectivity index (χ1) is 15.1. The second-order valence-electron chi connectivity index (χ2n) is 7.25. The molecule has 3 rings (SSSR count). The van der Waals surface area contributed by atoms with E-state index >= 15 is 0 Å².